The number of ketones is 3. The van der Waals surface area contributed by atoms with Gasteiger partial charge in [0.1, 0.15) is 11.6 Å². The van der Waals surface area contributed by atoms with E-state index in [1.165, 1.54) is 38.7 Å². The van der Waals surface area contributed by atoms with Gasteiger partial charge in [0, 0.05) is 23.8 Å². The van der Waals surface area contributed by atoms with Crippen LogP contribution >= 0.6 is 0 Å². The van der Waals surface area contributed by atoms with Crippen LogP contribution in [-0.4, -0.2) is 29.6 Å². The zero-order chi connectivity index (χ0) is 34.1. The number of carbonyl (C=O) groups excluding carboxylic acids is 3. The molecule has 0 heterocycles. The molecule has 0 fully saturated rings. The van der Waals surface area contributed by atoms with Crippen molar-refractivity contribution in [1.82, 2.24) is 0 Å². The molecule has 2 rings (SSSR count). The lowest BCUT2D eigenvalue weighted by atomic mass is 10.0. The maximum absolute atomic E-state index is 11.2. The Bertz CT molecular complexity index is 929. The van der Waals surface area contributed by atoms with E-state index in [1.54, 1.807) is 13.8 Å². The zero-order valence-corrected chi connectivity index (χ0v) is 29.8. The topological polar surface area (TPSA) is 71.4 Å². The Hall–Kier alpha value is -3.03. The van der Waals surface area contributed by atoms with E-state index in [2.05, 4.69) is 51.7 Å². The van der Waals surface area contributed by atoms with Gasteiger partial charge in [-0.15, -0.1) is 0 Å². The fraction of sp³-hybridized carbons (Fsp3) is 0.553. The number of hydrogen-bond donors (Lipinski definition) is 1. The van der Waals surface area contributed by atoms with Crippen molar-refractivity contribution in [2.45, 2.75) is 123 Å². The van der Waals surface area contributed by atoms with E-state index in [-0.39, 0.29) is 17.3 Å². The third kappa shape index (κ3) is 29.9. The minimum Gasteiger partial charge on any atom is -0.400 e. The molecule has 0 aliphatic rings. The molecule has 42 heavy (non-hydrogen) atoms. The van der Waals surface area contributed by atoms with E-state index in [0.717, 1.165) is 36.1 Å². The van der Waals surface area contributed by atoms with Crippen molar-refractivity contribution < 1.29 is 19.5 Å². The predicted octanol–water partition coefficient (Wildman–Crippen LogP) is 10.2. The minimum atomic E-state index is -0.407. The van der Waals surface area contributed by atoms with Crippen molar-refractivity contribution in [3.8, 4) is 11.8 Å². The number of hydrogen-bond acceptors (Lipinski definition) is 4. The summed E-state index contributed by atoms with van der Waals surface area (Å²) >= 11 is 0. The van der Waals surface area contributed by atoms with Gasteiger partial charge in [-0.1, -0.05) is 125 Å². The quantitative estimate of drug-likeness (QED) is 0.200. The van der Waals surface area contributed by atoms with Gasteiger partial charge in [-0.25, -0.2) is 0 Å². The van der Waals surface area contributed by atoms with Crippen LogP contribution in [0.1, 0.15) is 143 Å². The molecule has 0 saturated carbocycles. The molecule has 0 amide bonds. The summed E-state index contributed by atoms with van der Waals surface area (Å²) in [6.07, 6.45) is 5.19. The van der Waals surface area contributed by atoms with Crippen molar-refractivity contribution >= 4 is 17.3 Å². The Morgan fingerprint density at radius 2 is 1.02 bits per heavy atom. The lowest BCUT2D eigenvalue weighted by Gasteiger charge is -1.98. The number of benzene rings is 2. The number of aryl methyl sites for hydroxylation is 1. The fourth-order valence-electron chi connectivity index (χ4n) is 2.66. The van der Waals surface area contributed by atoms with Crippen molar-refractivity contribution in [1.29, 1.82) is 0 Å². The zero-order valence-electron chi connectivity index (χ0n) is 29.8. The van der Waals surface area contributed by atoms with Gasteiger partial charge >= 0.3 is 0 Å². The Morgan fingerprint density at radius 3 is 1.24 bits per heavy atom. The number of rotatable bonds is 7. The second-order valence-electron chi connectivity index (χ2n) is 8.91. The number of unbranched alkanes of at least 4 members (excludes halogenated alkanes) is 1. The molecule has 2 aromatic carbocycles. The van der Waals surface area contributed by atoms with Gasteiger partial charge in [-0.2, -0.15) is 0 Å². The third-order valence-electron chi connectivity index (χ3n) is 5.36. The highest BCUT2D eigenvalue weighted by Gasteiger charge is 2.11. The molecule has 0 saturated heterocycles. The summed E-state index contributed by atoms with van der Waals surface area (Å²) in [5, 5.41) is 7.00. The summed E-state index contributed by atoms with van der Waals surface area (Å²) in [5.74, 6) is 6.69. The highest BCUT2D eigenvalue weighted by molar-refractivity contribution is 5.99. The second kappa shape index (κ2) is 36.0. The van der Waals surface area contributed by atoms with Crippen LogP contribution < -0.4 is 0 Å². The summed E-state index contributed by atoms with van der Waals surface area (Å²) in [4.78, 5) is 31.9. The standard InChI is InChI=1S/C18H16O.C7H16.C6H10O2.3C2H6.CH4O/c1-3-15-4-6-16(7-5-15)8-9-17-10-12-18(13-11-17)14(2)19;1-4-5-6-7(2)3;1-4(5(2)7)6(3)8;4*1-2/h4-7,10-13H,3H2,1-2H3;7H,4-6H2,1-3H3;4H,1-3H3;3*1-2H3;2H,1H3. The summed E-state index contributed by atoms with van der Waals surface area (Å²) in [5.41, 5.74) is 3.96. The van der Waals surface area contributed by atoms with Crippen LogP contribution in [0.25, 0.3) is 0 Å². The van der Waals surface area contributed by atoms with E-state index in [1.807, 2.05) is 77.9 Å². The first kappa shape index (κ1) is 48.7. The van der Waals surface area contributed by atoms with Crippen molar-refractivity contribution in [3.05, 3.63) is 70.8 Å². The lowest BCUT2D eigenvalue weighted by molar-refractivity contribution is -0.129. The molecular formula is C38H64O4. The van der Waals surface area contributed by atoms with Crippen LogP contribution in [0, 0.1) is 23.7 Å². The van der Waals surface area contributed by atoms with E-state index >= 15 is 0 Å². The predicted molar refractivity (Wildman–Crippen MR) is 185 cm³/mol. The van der Waals surface area contributed by atoms with Gasteiger partial charge in [0.15, 0.2) is 5.78 Å². The van der Waals surface area contributed by atoms with Crippen LogP contribution in [0.2, 0.25) is 0 Å². The Morgan fingerprint density at radius 1 is 0.667 bits per heavy atom. The van der Waals surface area contributed by atoms with E-state index < -0.39 is 5.92 Å². The van der Waals surface area contributed by atoms with E-state index in [0.29, 0.717) is 0 Å². The Kier molecular flexibility index (Phi) is 41.7. The van der Waals surface area contributed by atoms with Crippen molar-refractivity contribution in [2.24, 2.45) is 11.8 Å². The van der Waals surface area contributed by atoms with Crippen LogP contribution in [0.15, 0.2) is 48.5 Å². The lowest BCUT2D eigenvalue weighted by Crippen LogP contribution is -2.14. The van der Waals surface area contributed by atoms with Crippen LogP contribution in [-0.2, 0) is 16.0 Å². The SMILES string of the molecule is CC.CC.CC.CC(=O)C(C)C(C)=O.CCCCC(C)C.CCc1ccc(C#Cc2ccc(C(C)=O)cc2)cc1.CO. The smallest absolute Gasteiger partial charge is 0.159 e. The van der Waals surface area contributed by atoms with Crippen LogP contribution in [0.4, 0.5) is 0 Å². The molecule has 0 aliphatic heterocycles. The fourth-order valence-corrected chi connectivity index (χ4v) is 2.66. The minimum absolute atomic E-state index is 0.0579. The third-order valence-corrected chi connectivity index (χ3v) is 5.36. The van der Waals surface area contributed by atoms with Gasteiger partial charge in [0.2, 0.25) is 0 Å². The highest BCUT2D eigenvalue weighted by atomic mass is 16.2. The number of Topliss-reactive ketones (excluding diaryl/α,β-unsaturated/α-hetero) is 3. The molecule has 240 valence electrons. The number of carbonyl (C=O) groups is 3. The molecular weight excluding hydrogens is 520 g/mol. The van der Waals surface area contributed by atoms with Gasteiger partial charge in [0.05, 0.1) is 5.92 Å². The maximum Gasteiger partial charge on any atom is 0.159 e. The summed E-state index contributed by atoms with van der Waals surface area (Å²) in [6, 6.07) is 15.7. The molecule has 4 nitrogen and oxygen atoms in total. The van der Waals surface area contributed by atoms with E-state index in [9.17, 15) is 14.4 Å². The molecule has 0 unspecified atom stereocenters. The van der Waals surface area contributed by atoms with Gasteiger partial charge < -0.3 is 5.11 Å². The van der Waals surface area contributed by atoms with Gasteiger partial charge in [0.25, 0.3) is 0 Å². The van der Waals surface area contributed by atoms with Gasteiger partial charge in [-0.05, 0) is 69.9 Å². The van der Waals surface area contributed by atoms with E-state index in [4.69, 9.17) is 5.11 Å². The molecule has 0 radical (unpaired) electrons. The molecule has 0 aromatic heterocycles. The molecule has 2 aromatic rings. The molecule has 4 heteroatoms. The molecule has 0 aliphatic carbocycles. The van der Waals surface area contributed by atoms with Crippen molar-refractivity contribution in [2.75, 3.05) is 7.11 Å². The van der Waals surface area contributed by atoms with Crippen molar-refractivity contribution in [3.63, 3.8) is 0 Å². The summed E-state index contributed by atoms with van der Waals surface area (Å²) < 4.78 is 0. The Labute approximate surface area is 260 Å². The maximum atomic E-state index is 11.2. The molecule has 1 N–H and O–H groups in total. The molecule has 0 atom stereocenters. The second-order valence-corrected chi connectivity index (χ2v) is 8.91. The Balaban J connectivity index is -0.000000166. The summed E-state index contributed by atoms with van der Waals surface area (Å²) in [6.45, 7) is 26.9. The molecule has 0 bridgehead atoms. The first-order chi connectivity index (χ1) is 20.0. The first-order valence-corrected chi connectivity index (χ1v) is 15.7. The van der Waals surface area contributed by atoms with Crippen LogP contribution in [0.3, 0.4) is 0 Å². The first-order valence-electron chi connectivity index (χ1n) is 15.7. The largest absolute Gasteiger partial charge is 0.400 e. The molecule has 0 spiro atoms. The normalized spacial score (nSPS) is 8.43. The highest BCUT2D eigenvalue weighted by Crippen LogP contribution is 2.06. The average molecular weight is 585 g/mol. The number of aliphatic hydroxyl groups is 1. The van der Waals surface area contributed by atoms with Crippen LogP contribution in [0.5, 0.6) is 0 Å². The monoisotopic (exact) mass is 584 g/mol. The van der Waals surface area contributed by atoms with Gasteiger partial charge in [-0.3, -0.25) is 14.4 Å². The number of aliphatic hydroxyl groups excluding tert-OH is 1. The average Bonchev–Trinajstić information content (AvgIpc) is 3.03. The summed E-state index contributed by atoms with van der Waals surface area (Å²) in [7, 11) is 1.00.